The summed E-state index contributed by atoms with van der Waals surface area (Å²) in [6.45, 7) is 13.7. The van der Waals surface area contributed by atoms with Gasteiger partial charge in [-0.2, -0.15) is 0 Å². The van der Waals surface area contributed by atoms with Gasteiger partial charge in [-0.15, -0.1) is 0 Å². The van der Waals surface area contributed by atoms with Gasteiger partial charge in [-0.05, 0) is 50.2 Å². The molecule has 6 aromatic rings. The normalized spacial score (nSPS) is 16.3. The molecule has 0 spiro atoms. The smallest absolute Gasteiger partial charge is 0.139 e. The molecule has 1 aliphatic heterocycles. The fourth-order valence-corrected chi connectivity index (χ4v) is 6.62. The second kappa shape index (κ2) is 9.64. The first-order valence-electron chi connectivity index (χ1n) is 15.6. The highest BCUT2D eigenvalue weighted by Crippen LogP contribution is 2.49. The van der Waals surface area contributed by atoms with E-state index in [1.165, 1.54) is 11.1 Å². The number of nitrogens with zero attached hydrogens (tertiary/aromatic N) is 8. The zero-order valence-electron chi connectivity index (χ0n) is 28.0. The Labute approximate surface area is 265 Å². The number of pyridine rings is 4. The lowest BCUT2D eigenvalue weighted by atomic mass is 9.61. The molecule has 0 saturated heterocycles. The maximum atomic E-state index is 5.39. The summed E-state index contributed by atoms with van der Waals surface area (Å²) < 4.78 is 4.44. The van der Waals surface area contributed by atoms with Gasteiger partial charge >= 0.3 is 0 Å². The fourth-order valence-electron chi connectivity index (χ4n) is 6.62. The van der Waals surface area contributed by atoms with E-state index >= 15 is 0 Å². The summed E-state index contributed by atoms with van der Waals surface area (Å²) >= 11 is 0. The van der Waals surface area contributed by atoms with E-state index in [4.69, 9.17) is 19.9 Å². The molecule has 8 heteroatoms. The van der Waals surface area contributed by atoms with Crippen LogP contribution in [0.2, 0.25) is 0 Å². The summed E-state index contributed by atoms with van der Waals surface area (Å²) in [7, 11) is 8.32. The highest BCUT2D eigenvalue weighted by molar-refractivity contribution is 5.86. The molecule has 1 aliphatic rings. The predicted molar refractivity (Wildman–Crippen MR) is 185 cm³/mol. The van der Waals surface area contributed by atoms with Crippen LogP contribution in [0.25, 0.3) is 33.7 Å². The van der Waals surface area contributed by atoms with Crippen molar-refractivity contribution in [1.29, 1.82) is 0 Å². The largest absolute Gasteiger partial charge is 0.377 e. The lowest BCUT2D eigenvalue weighted by Crippen LogP contribution is -2.40. The van der Waals surface area contributed by atoms with Crippen molar-refractivity contribution in [3.63, 3.8) is 0 Å². The van der Waals surface area contributed by atoms with Gasteiger partial charge in [-0.1, -0.05) is 27.7 Å². The average Bonchev–Trinajstić information content (AvgIpc) is 3.60. The van der Waals surface area contributed by atoms with Gasteiger partial charge in [0.1, 0.15) is 11.6 Å². The van der Waals surface area contributed by atoms with Gasteiger partial charge in [0.05, 0.1) is 33.5 Å². The summed E-state index contributed by atoms with van der Waals surface area (Å²) in [5, 5.41) is 0. The zero-order valence-corrected chi connectivity index (χ0v) is 28.0. The van der Waals surface area contributed by atoms with E-state index in [2.05, 4.69) is 137 Å². The molecule has 0 aliphatic carbocycles. The molecule has 0 radical (unpaired) electrons. The summed E-state index contributed by atoms with van der Waals surface area (Å²) in [4.78, 5) is 25.0. The molecule has 0 N–H and O–H groups in total. The molecule has 0 fully saturated rings. The maximum Gasteiger partial charge on any atom is 0.139 e. The van der Waals surface area contributed by atoms with Crippen LogP contribution < -0.4 is 9.80 Å². The molecule has 8 nitrogen and oxygen atoms in total. The standard InChI is InChI=1S/C37H42N8/c1-35(2)29-17-23(42(7)8)19-31(40-29)44-21-25(33-27(44)13-11-15-38-33)36(3,4)37(5,6)26-22-45(28-14-12-16-39-34(26)28)32-20-24(43(9)10)18-30(35)41-32/h11-22H,1-10H3. The molecule has 8 bridgehead atoms. The van der Waals surface area contributed by atoms with E-state index in [0.29, 0.717) is 0 Å². The second-order valence-corrected chi connectivity index (χ2v) is 14.4. The summed E-state index contributed by atoms with van der Waals surface area (Å²) in [5.74, 6) is 1.72. The van der Waals surface area contributed by atoms with Crippen LogP contribution >= 0.6 is 0 Å². The Bertz CT molecular complexity index is 1960. The van der Waals surface area contributed by atoms with Crippen LogP contribution in [0.3, 0.4) is 0 Å². The minimum absolute atomic E-state index is 0.354. The molecule has 0 atom stereocenters. The van der Waals surface area contributed by atoms with E-state index < -0.39 is 5.41 Å². The third kappa shape index (κ3) is 4.18. The van der Waals surface area contributed by atoms with Gasteiger partial charge in [-0.25, -0.2) is 9.97 Å². The molecule has 0 aromatic carbocycles. The van der Waals surface area contributed by atoms with E-state index in [0.717, 1.165) is 56.5 Å². The van der Waals surface area contributed by atoms with Crippen LogP contribution in [-0.4, -0.2) is 57.3 Å². The Morgan fingerprint density at radius 1 is 0.578 bits per heavy atom. The van der Waals surface area contributed by atoms with Crippen molar-refractivity contribution >= 4 is 33.4 Å². The molecule has 0 amide bonds. The lowest BCUT2D eigenvalue weighted by molar-refractivity contribution is 0.306. The van der Waals surface area contributed by atoms with Crippen molar-refractivity contribution < 1.29 is 0 Å². The molecule has 0 saturated carbocycles. The van der Waals surface area contributed by atoms with Gasteiger partial charge in [0.2, 0.25) is 0 Å². The first-order valence-corrected chi connectivity index (χ1v) is 15.6. The Morgan fingerprint density at radius 2 is 0.978 bits per heavy atom. The van der Waals surface area contributed by atoms with Crippen LogP contribution in [0.4, 0.5) is 11.4 Å². The Morgan fingerprint density at radius 3 is 1.36 bits per heavy atom. The molecular formula is C37H42N8. The highest BCUT2D eigenvalue weighted by atomic mass is 15.1. The minimum Gasteiger partial charge on any atom is -0.377 e. The number of hydrogen-bond acceptors (Lipinski definition) is 6. The van der Waals surface area contributed by atoms with Gasteiger partial charge < -0.3 is 9.80 Å². The summed E-state index contributed by atoms with van der Waals surface area (Å²) in [5.41, 5.74) is 9.19. The molecule has 45 heavy (non-hydrogen) atoms. The van der Waals surface area contributed by atoms with Gasteiger partial charge in [-0.3, -0.25) is 19.1 Å². The number of fused-ring (bicyclic) bond motifs is 16. The molecule has 6 aromatic heterocycles. The maximum absolute atomic E-state index is 5.39. The molecule has 0 unspecified atom stereocenters. The van der Waals surface area contributed by atoms with Crippen LogP contribution in [0.5, 0.6) is 0 Å². The zero-order chi connectivity index (χ0) is 32.1. The summed E-state index contributed by atoms with van der Waals surface area (Å²) in [6, 6.07) is 17.0. The van der Waals surface area contributed by atoms with Crippen LogP contribution in [0, 0.1) is 0 Å². The monoisotopic (exact) mass is 598 g/mol. The third-order valence-electron chi connectivity index (χ3n) is 10.4. The number of anilines is 2. The SMILES string of the molecule is CN(C)c1cc2nc(c1)C(C)(C)c1cc(N(C)C)cc(n1)-n1cc(c3ncccc31)C(C)(C)C(C)(C)c1cn-2c2cccnc12. The highest BCUT2D eigenvalue weighted by Gasteiger charge is 2.44. The van der Waals surface area contributed by atoms with Crippen molar-refractivity contribution in [3.8, 4) is 11.6 Å². The van der Waals surface area contributed by atoms with Gasteiger partial charge in [0.15, 0.2) is 0 Å². The van der Waals surface area contributed by atoms with Gasteiger partial charge in [0.25, 0.3) is 0 Å². The Hall–Kier alpha value is -4.72. The van der Waals surface area contributed by atoms with Crippen molar-refractivity contribution in [2.75, 3.05) is 38.0 Å². The Kier molecular flexibility index (Phi) is 6.21. The van der Waals surface area contributed by atoms with Crippen molar-refractivity contribution in [3.05, 3.63) is 95.8 Å². The van der Waals surface area contributed by atoms with E-state index in [1.54, 1.807) is 0 Å². The van der Waals surface area contributed by atoms with Crippen LogP contribution in [0.15, 0.2) is 73.3 Å². The van der Waals surface area contributed by atoms with E-state index in [-0.39, 0.29) is 10.8 Å². The van der Waals surface area contributed by atoms with E-state index in [1.807, 2.05) is 24.5 Å². The Balaban J connectivity index is 1.67. The van der Waals surface area contributed by atoms with Crippen molar-refractivity contribution in [1.82, 2.24) is 29.1 Å². The number of aromatic nitrogens is 6. The molecule has 230 valence electrons. The first kappa shape index (κ1) is 29.0. The van der Waals surface area contributed by atoms with Crippen molar-refractivity contribution in [2.24, 2.45) is 0 Å². The van der Waals surface area contributed by atoms with Gasteiger partial charge in [0, 0.05) is 104 Å². The minimum atomic E-state index is -0.520. The lowest BCUT2D eigenvalue weighted by Gasteiger charge is -2.41. The molecule has 7 heterocycles. The molecular weight excluding hydrogens is 556 g/mol. The average molecular weight is 599 g/mol. The topological polar surface area (TPSA) is 67.9 Å². The second-order valence-electron chi connectivity index (χ2n) is 14.4. The third-order valence-corrected chi connectivity index (χ3v) is 10.4. The van der Waals surface area contributed by atoms with Crippen LogP contribution in [0.1, 0.15) is 64.1 Å². The predicted octanol–water partition coefficient (Wildman–Crippen LogP) is 7.18. The molecule has 7 rings (SSSR count). The summed E-state index contributed by atoms with van der Waals surface area (Å²) in [6.07, 6.45) is 8.30. The fraction of sp³-hybridized carbons (Fsp3) is 0.351. The number of hydrogen-bond donors (Lipinski definition) is 0. The van der Waals surface area contributed by atoms with E-state index in [9.17, 15) is 0 Å². The van der Waals surface area contributed by atoms with Crippen LogP contribution in [-0.2, 0) is 16.2 Å². The number of rotatable bonds is 2. The van der Waals surface area contributed by atoms with Crippen molar-refractivity contribution in [2.45, 2.75) is 57.8 Å². The quantitative estimate of drug-likeness (QED) is 0.210. The first-order chi connectivity index (χ1) is 21.2.